The molecule has 0 aliphatic heterocycles. The predicted molar refractivity (Wildman–Crippen MR) is 119 cm³/mol. The summed E-state index contributed by atoms with van der Waals surface area (Å²) in [6, 6.07) is 2.66. The van der Waals surface area contributed by atoms with Crippen LogP contribution in [-0.2, 0) is 18.1 Å². The zero-order valence-electron chi connectivity index (χ0n) is 19.6. The van der Waals surface area contributed by atoms with Gasteiger partial charge < -0.3 is 4.84 Å². The first kappa shape index (κ1) is 27.0. The molecule has 2 aromatic rings. The normalized spacial score (nSPS) is 13.5. The number of amides is 1. The number of alkyl halides is 4. The molecule has 0 aliphatic carbocycles. The number of hydrogen-bond acceptors (Lipinski definition) is 5. The summed E-state index contributed by atoms with van der Waals surface area (Å²) in [7, 11) is 0. The molecule has 2 rings (SSSR count). The average Bonchev–Trinajstić information content (AvgIpc) is 3.08. The number of benzene rings is 1. The van der Waals surface area contributed by atoms with Crippen LogP contribution in [0.2, 0.25) is 0 Å². The second kappa shape index (κ2) is 10.3. The molecule has 6 nitrogen and oxygen atoms in total. The van der Waals surface area contributed by atoms with Crippen LogP contribution in [0.3, 0.4) is 0 Å². The van der Waals surface area contributed by atoms with Gasteiger partial charge in [0.15, 0.2) is 5.75 Å². The maximum Gasteiger partial charge on any atom is 0.416 e. The Balaban J connectivity index is 2.55. The minimum absolute atomic E-state index is 0.0729. The first-order valence-corrected chi connectivity index (χ1v) is 11.3. The fraction of sp³-hybridized carbons (Fsp3) is 0.591. The number of rotatable bonds is 7. The topological polar surface area (TPSA) is 68.5 Å². The van der Waals surface area contributed by atoms with E-state index in [1.165, 1.54) is 16.0 Å². The lowest BCUT2D eigenvalue weighted by atomic mass is 9.98. The Hall–Kier alpha value is -2.27. The SMILES string of the molecule is CC(C)(C)NOc1ccc(C(F)(F)F)cc1C(=O)/N=c1\sc(C(C)(C)C)nn1CCCCF. The van der Waals surface area contributed by atoms with Gasteiger partial charge in [0.2, 0.25) is 4.80 Å². The number of aromatic nitrogens is 2. The lowest BCUT2D eigenvalue weighted by Crippen LogP contribution is -2.38. The van der Waals surface area contributed by atoms with Crippen LogP contribution in [0.25, 0.3) is 0 Å². The van der Waals surface area contributed by atoms with Crippen LogP contribution in [-0.4, -0.2) is 27.9 Å². The lowest BCUT2D eigenvalue weighted by Gasteiger charge is -2.21. The zero-order chi connectivity index (χ0) is 25.0. The van der Waals surface area contributed by atoms with E-state index in [1.54, 1.807) is 20.8 Å². The number of halogens is 4. The smallest absolute Gasteiger partial charge is 0.407 e. The summed E-state index contributed by atoms with van der Waals surface area (Å²) >= 11 is 1.17. The number of hydroxylamine groups is 1. The molecule has 0 spiro atoms. The second-order valence-electron chi connectivity index (χ2n) is 9.64. The fourth-order valence-electron chi connectivity index (χ4n) is 2.51. The highest BCUT2D eigenvalue weighted by Gasteiger charge is 2.32. The Morgan fingerprint density at radius 1 is 1.15 bits per heavy atom. The second-order valence-corrected chi connectivity index (χ2v) is 10.6. The molecule has 0 saturated heterocycles. The number of hydrogen-bond donors (Lipinski definition) is 1. The first-order chi connectivity index (χ1) is 15.1. The van der Waals surface area contributed by atoms with Gasteiger partial charge in [-0.05, 0) is 51.8 Å². The molecule has 0 radical (unpaired) electrons. The van der Waals surface area contributed by atoms with E-state index in [0.717, 1.165) is 18.2 Å². The largest absolute Gasteiger partial charge is 0.416 e. The van der Waals surface area contributed by atoms with E-state index in [4.69, 9.17) is 4.84 Å². The van der Waals surface area contributed by atoms with Crippen molar-refractivity contribution >= 4 is 17.2 Å². The van der Waals surface area contributed by atoms with Crippen molar-refractivity contribution < 1.29 is 27.2 Å². The van der Waals surface area contributed by atoms with E-state index in [9.17, 15) is 22.4 Å². The van der Waals surface area contributed by atoms with Gasteiger partial charge in [-0.1, -0.05) is 32.1 Å². The molecule has 1 N–H and O–H groups in total. The van der Waals surface area contributed by atoms with E-state index in [0.29, 0.717) is 24.4 Å². The molecule has 184 valence electrons. The van der Waals surface area contributed by atoms with Crippen molar-refractivity contribution in [3.05, 3.63) is 39.1 Å². The van der Waals surface area contributed by atoms with Gasteiger partial charge in [-0.25, -0.2) is 4.68 Å². The summed E-state index contributed by atoms with van der Waals surface area (Å²) in [6.07, 6.45) is -3.83. The van der Waals surface area contributed by atoms with Gasteiger partial charge in [-0.2, -0.15) is 28.7 Å². The third-order valence-corrected chi connectivity index (χ3v) is 5.59. The summed E-state index contributed by atoms with van der Waals surface area (Å²) in [5, 5.41) is 5.19. The van der Waals surface area contributed by atoms with Gasteiger partial charge in [0.25, 0.3) is 5.91 Å². The van der Waals surface area contributed by atoms with Crippen molar-refractivity contribution in [3.8, 4) is 5.75 Å². The third-order valence-electron chi connectivity index (χ3n) is 4.22. The van der Waals surface area contributed by atoms with E-state index in [1.807, 2.05) is 20.8 Å². The Morgan fingerprint density at radius 3 is 2.36 bits per heavy atom. The maximum absolute atomic E-state index is 13.3. The maximum atomic E-state index is 13.3. The lowest BCUT2D eigenvalue weighted by molar-refractivity contribution is -0.137. The molecular weight excluding hydrogens is 460 g/mol. The molecule has 1 heterocycles. The molecule has 0 aliphatic rings. The molecule has 1 aromatic carbocycles. The van der Waals surface area contributed by atoms with E-state index >= 15 is 0 Å². The van der Waals surface area contributed by atoms with Gasteiger partial charge in [0, 0.05) is 17.5 Å². The highest BCUT2D eigenvalue weighted by Crippen LogP contribution is 2.33. The van der Waals surface area contributed by atoms with Gasteiger partial charge in [0.1, 0.15) is 5.01 Å². The van der Waals surface area contributed by atoms with Crippen molar-refractivity contribution in [3.63, 3.8) is 0 Å². The third kappa shape index (κ3) is 7.92. The van der Waals surface area contributed by atoms with Gasteiger partial charge in [-0.15, -0.1) is 0 Å². The van der Waals surface area contributed by atoms with Crippen LogP contribution in [0.15, 0.2) is 23.2 Å². The average molecular weight is 491 g/mol. The van der Waals surface area contributed by atoms with Crippen LogP contribution in [0.4, 0.5) is 17.6 Å². The number of nitrogens with one attached hydrogen (secondary N) is 1. The van der Waals surface area contributed by atoms with Crippen LogP contribution in [0.1, 0.15) is 75.3 Å². The van der Waals surface area contributed by atoms with Gasteiger partial charge >= 0.3 is 6.18 Å². The summed E-state index contributed by atoms with van der Waals surface area (Å²) in [6.45, 7) is 11.1. The first-order valence-electron chi connectivity index (χ1n) is 10.5. The number of nitrogens with zero attached hydrogens (tertiary/aromatic N) is 3. The molecule has 11 heteroatoms. The van der Waals surface area contributed by atoms with Crippen molar-refractivity contribution in [2.75, 3.05) is 6.67 Å². The van der Waals surface area contributed by atoms with Gasteiger partial charge in [-0.3, -0.25) is 9.18 Å². The van der Waals surface area contributed by atoms with E-state index in [-0.39, 0.29) is 21.5 Å². The Morgan fingerprint density at radius 2 is 1.82 bits per heavy atom. The van der Waals surface area contributed by atoms with Gasteiger partial charge in [0.05, 0.1) is 17.8 Å². The predicted octanol–water partition coefficient (Wildman–Crippen LogP) is 5.43. The minimum Gasteiger partial charge on any atom is -0.407 e. The Kier molecular flexibility index (Phi) is 8.45. The number of unbranched alkanes of at least 4 members (excludes halogenated alkanes) is 1. The Bertz CT molecular complexity index is 1030. The fourth-order valence-corrected chi connectivity index (χ4v) is 3.50. The van der Waals surface area contributed by atoms with Crippen molar-refractivity contribution in [1.82, 2.24) is 15.3 Å². The summed E-state index contributed by atoms with van der Waals surface area (Å²) in [4.78, 5) is 22.8. The monoisotopic (exact) mass is 490 g/mol. The standard InChI is InChI=1S/C22H30F4N4O2S/c1-20(2,3)18-28-30(12-8-7-11-23)19(33-18)27-17(31)15-13-14(22(24,25)26)9-10-16(15)32-29-21(4,5)6/h9-10,13,29H,7-8,11-12H2,1-6H3/b27-19-. The molecule has 0 atom stereocenters. The molecule has 0 saturated carbocycles. The molecule has 1 aromatic heterocycles. The van der Waals surface area contributed by atoms with Crippen molar-refractivity contribution in [1.29, 1.82) is 0 Å². The molecule has 33 heavy (non-hydrogen) atoms. The highest BCUT2D eigenvalue weighted by molar-refractivity contribution is 7.09. The molecule has 1 amide bonds. The van der Waals surface area contributed by atoms with Crippen molar-refractivity contribution in [2.24, 2.45) is 4.99 Å². The van der Waals surface area contributed by atoms with Crippen LogP contribution in [0, 0.1) is 0 Å². The molecule has 0 bridgehead atoms. The van der Waals surface area contributed by atoms with Crippen molar-refractivity contribution in [2.45, 2.75) is 78.1 Å². The van der Waals surface area contributed by atoms with Crippen LogP contribution >= 0.6 is 11.3 Å². The Labute approximate surface area is 194 Å². The zero-order valence-corrected chi connectivity index (χ0v) is 20.5. The minimum atomic E-state index is -4.64. The van der Waals surface area contributed by atoms with E-state index in [2.05, 4.69) is 15.6 Å². The number of carbonyl (C=O) groups is 1. The van der Waals surface area contributed by atoms with Crippen LogP contribution < -0.4 is 15.1 Å². The molecule has 0 fully saturated rings. The number of aryl methyl sites for hydroxylation is 1. The highest BCUT2D eigenvalue weighted by atomic mass is 32.1. The quantitative estimate of drug-likeness (QED) is 0.319. The number of carbonyl (C=O) groups excluding carboxylic acids is 1. The molecular formula is C22H30F4N4O2S. The van der Waals surface area contributed by atoms with Crippen LogP contribution in [0.5, 0.6) is 5.75 Å². The summed E-state index contributed by atoms with van der Waals surface area (Å²) < 4.78 is 53.9. The molecule has 0 unspecified atom stereocenters. The summed E-state index contributed by atoms with van der Waals surface area (Å²) in [5.74, 6) is -0.966. The summed E-state index contributed by atoms with van der Waals surface area (Å²) in [5.41, 5.74) is 0.538. The van der Waals surface area contributed by atoms with E-state index < -0.39 is 29.9 Å².